The van der Waals surface area contributed by atoms with Crippen LogP contribution >= 0.6 is 0 Å². The van der Waals surface area contributed by atoms with Gasteiger partial charge in [0.2, 0.25) is 11.8 Å². The van der Waals surface area contributed by atoms with E-state index < -0.39 is 0 Å². The molecule has 6 heteroatoms. The molecular weight excluding hydrogens is 376 g/mol. The molecule has 0 saturated carbocycles. The Kier molecular flexibility index (Phi) is 6.42. The first-order chi connectivity index (χ1) is 14.5. The summed E-state index contributed by atoms with van der Waals surface area (Å²) in [5.41, 5.74) is 2.39. The van der Waals surface area contributed by atoms with E-state index in [1.165, 1.54) is 23.8 Å². The zero-order chi connectivity index (χ0) is 21.1. The summed E-state index contributed by atoms with van der Waals surface area (Å²) in [4.78, 5) is 28.9. The SMILES string of the molecule is CC(C)NC(=O)Cn1cc(CN2CCC[C@H](CN3CCCC3=O)C2)c2ccccc21. The quantitative estimate of drug-likeness (QED) is 0.763. The number of nitrogens with one attached hydrogen (secondary N) is 1. The number of nitrogens with zero attached hydrogens (tertiary/aromatic N) is 3. The maximum atomic E-state index is 12.3. The average molecular weight is 411 g/mol. The summed E-state index contributed by atoms with van der Waals surface area (Å²) in [5.74, 6) is 0.937. The smallest absolute Gasteiger partial charge is 0.240 e. The summed E-state index contributed by atoms with van der Waals surface area (Å²) in [6, 6.07) is 8.51. The molecule has 0 radical (unpaired) electrons. The van der Waals surface area contributed by atoms with Crippen LogP contribution in [0.4, 0.5) is 0 Å². The molecule has 1 atom stereocenters. The Morgan fingerprint density at radius 2 is 2.03 bits per heavy atom. The largest absolute Gasteiger partial charge is 0.352 e. The van der Waals surface area contributed by atoms with Crippen LogP contribution in [-0.2, 0) is 22.7 Å². The monoisotopic (exact) mass is 410 g/mol. The molecule has 1 N–H and O–H groups in total. The number of piperidine rings is 1. The van der Waals surface area contributed by atoms with E-state index in [0.29, 0.717) is 18.4 Å². The lowest BCUT2D eigenvalue weighted by atomic mass is 9.97. The highest BCUT2D eigenvalue weighted by molar-refractivity contribution is 5.86. The summed E-state index contributed by atoms with van der Waals surface area (Å²) in [7, 11) is 0. The first-order valence-electron chi connectivity index (χ1n) is 11.4. The lowest BCUT2D eigenvalue weighted by Crippen LogP contribution is -2.41. The minimum absolute atomic E-state index is 0.0469. The van der Waals surface area contributed by atoms with Gasteiger partial charge in [-0.2, -0.15) is 0 Å². The Bertz CT molecular complexity index is 904. The molecule has 2 aliphatic rings. The van der Waals surface area contributed by atoms with Gasteiger partial charge in [0.25, 0.3) is 0 Å². The number of amides is 2. The summed E-state index contributed by atoms with van der Waals surface area (Å²) in [6.45, 7) is 9.18. The first-order valence-corrected chi connectivity index (χ1v) is 11.4. The Morgan fingerprint density at radius 1 is 1.20 bits per heavy atom. The van der Waals surface area contributed by atoms with Crippen molar-refractivity contribution in [3.8, 4) is 0 Å². The number of fused-ring (bicyclic) bond motifs is 1. The number of carbonyl (C=O) groups excluding carboxylic acids is 2. The van der Waals surface area contributed by atoms with Crippen molar-refractivity contribution in [2.75, 3.05) is 26.2 Å². The molecule has 3 heterocycles. The number of carbonyl (C=O) groups is 2. The Balaban J connectivity index is 1.45. The lowest BCUT2D eigenvalue weighted by Gasteiger charge is -2.34. The number of para-hydroxylation sites is 1. The van der Waals surface area contributed by atoms with Crippen molar-refractivity contribution in [2.24, 2.45) is 5.92 Å². The van der Waals surface area contributed by atoms with Crippen LogP contribution in [0.2, 0.25) is 0 Å². The van der Waals surface area contributed by atoms with Crippen LogP contribution in [0, 0.1) is 5.92 Å². The molecule has 0 bridgehead atoms. The minimum Gasteiger partial charge on any atom is -0.352 e. The number of hydrogen-bond donors (Lipinski definition) is 1. The molecule has 1 aromatic heterocycles. The minimum atomic E-state index is 0.0469. The van der Waals surface area contributed by atoms with Gasteiger partial charge < -0.3 is 14.8 Å². The molecule has 0 spiro atoms. The van der Waals surface area contributed by atoms with E-state index in [1.807, 2.05) is 19.9 Å². The number of likely N-dealkylation sites (tertiary alicyclic amines) is 2. The Labute approximate surface area is 179 Å². The topological polar surface area (TPSA) is 57.6 Å². The molecular formula is C24H34N4O2. The van der Waals surface area contributed by atoms with Gasteiger partial charge >= 0.3 is 0 Å². The molecule has 2 amide bonds. The molecule has 2 aliphatic heterocycles. The molecule has 2 saturated heterocycles. The van der Waals surface area contributed by atoms with Crippen molar-refractivity contribution in [1.29, 1.82) is 0 Å². The van der Waals surface area contributed by atoms with Gasteiger partial charge in [-0.25, -0.2) is 0 Å². The lowest BCUT2D eigenvalue weighted by molar-refractivity contribution is -0.128. The summed E-state index contributed by atoms with van der Waals surface area (Å²) in [5, 5.41) is 4.22. The molecule has 2 aromatic rings. The van der Waals surface area contributed by atoms with Gasteiger partial charge in [0.1, 0.15) is 6.54 Å². The van der Waals surface area contributed by atoms with Crippen LogP contribution in [-0.4, -0.2) is 58.4 Å². The van der Waals surface area contributed by atoms with Gasteiger partial charge in [0, 0.05) is 55.7 Å². The molecule has 0 unspecified atom stereocenters. The van der Waals surface area contributed by atoms with Gasteiger partial charge in [0.15, 0.2) is 0 Å². The predicted molar refractivity (Wildman–Crippen MR) is 119 cm³/mol. The number of hydrogen-bond acceptors (Lipinski definition) is 3. The second-order valence-electron chi connectivity index (χ2n) is 9.21. The maximum Gasteiger partial charge on any atom is 0.240 e. The van der Waals surface area contributed by atoms with E-state index in [2.05, 4.69) is 44.1 Å². The molecule has 30 heavy (non-hydrogen) atoms. The van der Waals surface area contributed by atoms with Crippen LogP contribution in [0.3, 0.4) is 0 Å². The van der Waals surface area contributed by atoms with E-state index in [1.54, 1.807) is 0 Å². The summed E-state index contributed by atoms with van der Waals surface area (Å²) in [6.07, 6.45) is 6.28. The van der Waals surface area contributed by atoms with E-state index in [9.17, 15) is 9.59 Å². The van der Waals surface area contributed by atoms with Crippen molar-refractivity contribution in [3.63, 3.8) is 0 Å². The Morgan fingerprint density at radius 3 is 2.80 bits per heavy atom. The van der Waals surface area contributed by atoms with Crippen molar-refractivity contribution in [2.45, 2.75) is 58.7 Å². The van der Waals surface area contributed by atoms with Crippen LogP contribution in [0.15, 0.2) is 30.5 Å². The average Bonchev–Trinajstić information content (AvgIpc) is 3.25. The Hall–Kier alpha value is -2.34. The normalized spacial score (nSPS) is 20.4. The summed E-state index contributed by atoms with van der Waals surface area (Å²) < 4.78 is 2.08. The fourth-order valence-electron chi connectivity index (χ4n) is 5.00. The third-order valence-electron chi connectivity index (χ3n) is 6.28. The van der Waals surface area contributed by atoms with Gasteiger partial charge in [0.05, 0.1) is 0 Å². The van der Waals surface area contributed by atoms with Crippen molar-refractivity contribution in [3.05, 3.63) is 36.0 Å². The van der Waals surface area contributed by atoms with Gasteiger partial charge in [-0.15, -0.1) is 0 Å². The van der Waals surface area contributed by atoms with Crippen molar-refractivity contribution in [1.82, 2.24) is 19.7 Å². The third-order valence-corrected chi connectivity index (χ3v) is 6.28. The van der Waals surface area contributed by atoms with E-state index >= 15 is 0 Å². The molecule has 1 aromatic carbocycles. The number of aromatic nitrogens is 1. The second-order valence-corrected chi connectivity index (χ2v) is 9.21. The zero-order valence-electron chi connectivity index (χ0n) is 18.3. The molecule has 162 valence electrons. The van der Waals surface area contributed by atoms with Crippen LogP contribution in [0.5, 0.6) is 0 Å². The highest BCUT2D eigenvalue weighted by Crippen LogP contribution is 2.26. The zero-order valence-corrected chi connectivity index (χ0v) is 18.3. The summed E-state index contributed by atoms with van der Waals surface area (Å²) >= 11 is 0. The van der Waals surface area contributed by atoms with Gasteiger partial charge in [-0.05, 0) is 57.2 Å². The standard InChI is InChI=1S/C24H34N4O2/c1-18(2)25-23(29)17-28-16-20(21-8-3-4-9-22(21)28)15-26-11-5-7-19(13-26)14-27-12-6-10-24(27)30/h3-4,8-9,16,18-19H,5-7,10-15,17H2,1-2H3,(H,25,29)/t19-/m0/s1. The van der Waals surface area contributed by atoms with Crippen LogP contribution in [0.1, 0.15) is 45.1 Å². The molecule has 2 fully saturated rings. The van der Waals surface area contributed by atoms with E-state index in [0.717, 1.165) is 51.1 Å². The van der Waals surface area contributed by atoms with Crippen molar-refractivity contribution < 1.29 is 9.59 Å². The number of rotatable bonds is 7. The highest BCUT2D eigenvalue weighted by atomic mass is 16.2. The molecule has 4 rings (SSSR count). The number of benzene rings is 1. The fourth-order valence-corrected chi connectivity index (χ4v) is 5.00. The third kappa shape index (κ3) is 4.86. The van der Waals surface area contributed by atoms with Crippen molar-refractivity contribution >= 4 is 22.7 Å². The van der Waals surface area contributed by atoms with Gasteiger partial charge in [-0.1, -0.05) is 18.2 Å². The van der Waals surface area contributed by atoms with E-state index in [4.69, 9.17) is 0 Å². The van der Waals surface area contributed by atoms with Crippen LogP contribution in [0.25, 0.3) is 10.9 Å². The van der Waals surface area contributed by atoms with Crippen LogP contribution < -0.4 is 5.32 Å². The van der Waals surface area contributed by atoms with Gasteiger partial charge in [-0.3, -0.25) is 14.5 Å². The van der Waals surface area contributed by atoms with E-state index in [-0.39, 0.29) is 11.9 Å². The maximum absolute atomic E-state index is 12.3. The molecule has 0 aliphatic carbocycles. The molecule has 6 nitrogen and oxygen atoms in total. The second kappa shape index (κ2) is 9.21. The predicted octanol–water partition coefficient (Wildman–Crippen LogP) is 3.00. The highest BCUT2D eigenvalue weighted by Gasteiger charge is 2.27. The fraction of sp³-hybridized carbons (Fsp3) is 0.583. The first kappa shape index (κ1) is 20.9.